The number of ether oxygens (including phenoxy) is 1. The Balaban J connectivity index is 3.38. The second-order valence-corrected chi connectivity index (χ2v) is 3.93. The Hall–Kier alpha value is -0.570. The van der Waals surface area contributed by atoms with Crippen molar-refractivity contribution < 1.29 is 9.53 Å². The molecule has 90 valence electrons. The molecule has 3 nitrogen and oxygen atoms in total. The van der Waals surface area contributed by atoms with Gasteiger partial charge in [-0.05, 0) is 26.3 Å². The molecule has 1 N–H and O–H groups in total. The van der Waals surface area contributed by atoms with Gasteiger partial charge in [0, 0.05) is 0 Å². The van der Waals surface area contributed by atoms with Crippen LogP contribution in [-0.2, 0) is 9.53 Å². The highest BCUT2D eigenvalue weighted by Crippen LogP contribution is 2.07. The maximum Gasteiger partial charge on any atom is 0.320 e. The Bertz CT molecular complexity index is 160. The summed E-state index contributed by atoms with van der Waals surface area (Å²) in [5, 5.41) is 2.96. The third-order valence-electron chi connectivity index (χ3n) is 2.32. The van der Waals surface area contributed by atoms with Crippen molar-refractivity contribution in [3.05, 3.63) is 0 Å². The molecule has 0 saturated heterocycles. The fourth-order valence-electron chi connectivity index (χ4n) is 1.41. The van der Waals surface area contributed by atoms with E-state index in [4.69, 9.17) is 4.74 Å². The normalized spacial score (nSPS) is 12.5. The van der Waals surface area contributed by atoms with Gasteiger partial charge in [-0.15, -0.1) is 0 Å². The van der Waals surface area contributed by atoms with Gasteiger partial charge < -0.3 is 10.1 Å². The van der Waals surface area contributed by atoms with Crippen LogP contribution < -0.4 is 5.32 Å². The highest BCUT2D eigenvalue weighted by atomic mass is 16.5. The molecule has 0 saturated carbocycles. The van der Waals surface area contributed by atoms with Gasteiger partial charge in [-0.2, -0.15) is 0 Å². The lowest BCUT2D eigenvalue weighted by Crippen LogP contribution is -2.27. The minimum atomic E-state index is -0.139. The summed E-state index contributed by atoms with van der Waals surface area (Å²) in [5.41, 5.74) is 0. The van der Waals surface area contributed by atoms with Gasteiger partial charge in [0.2, 0.25) is 0 Å². The monoisotopic (exact) mass is 215 g/mol. The van der Waals surface area contributed by atoms with Crippen LogP contribution in [0.2, 0.25) is 0 Å². The van der Waals surface area contributed by atoms with Gasteiger partial charge in [-0.1, -0.05) is 33.1 Å². The van der Waals surface area contributed by atoms with Crippen LogP contribution >= 0.6 is 0 Å². The van der Waals surface area contributed by atoms with Crippen molar-refractivity contribution in [1.29, 1.82) is 0 Å². The van der Waals surface area contributed by atoms with E-state index >= 15 is 0 Å². The lowest BCUT2D eigenvalue weighted by atomic mass is 10.1. The highest BCUT2D eigenvalue weighted by Gasteiger charge is 2.07. The van der Waals surface area contributed by atoms with Gasteiger partial charge in [-0.25, -0.2) is 0 Å². The molecule has 1 unspecified atom stereocenters. The Labute approximate surface area is 93.6 Å². The number of rotatable bonds is 9. The standard InChI is InChI=1S/C12H25NO2/c1-4-6-7-8-9-11(3)15-12(14)10-13-5-2/h11,13H,4-10H2,1-3H3. The summed E-state index contributed by atoms with van der Waals surface area (Å²) in [5.74, 6) is -0.139. The van der Waals surface area contributed by atoms with E-state index in [2.05, 4.69) is 12.2 Å². The van der Waals surface area contributed by atoms with Crippen LogP contribution in [0, 0.1) is 0 Å². The fraction of sp³-hybridized carbons (Fsp3) is 0.917. The van der Waals surface area contributed by atoms with Gasteiger partial charge in [0.15, 0.2) is 0 Å². The van der Waals surface area contributed by atoms with Gasteiger partial charge in [0.25, 0.3) is 0 Å². The molecule has 0 aromatic carbocycles. The molecule has 1 atom stereocenters. The summed E-state index contributed by atoms with van der Waals surface area (Å²) in [6.07, 6.45) is 5.97. The molecule has 0 aliphatic rings. The molecule has 0 amide bonds. The summed E-state index contributed by atoms with van der Waals surface area (Å²) in [4.78, 5) is 11.2. The second kappa shape index (κ2) is 9.97. The number of likely N-dealkylation sites (N-methyl/N-ethyl adjacent to an activating group) is 1. The van der Waals surface area contributed by atoms with E-state index in [-0.39, 0.29) is 12.1 Å². The molecule has 0 aromatic rings. The average Bonchev–Trinajstić information content (AvgIpc) is 2.21. The van der Waals surface area contributed by atoms with Crippen LogP contribution in [0.15, 0.2) is 0 Å². The van der Waals surface area contributed by atoms with Crippen molar-refractivity contribution in [3.63, 3.8) is 0 Å². The molecule has 0 rings (SSSR count). The Morgan fingerprint density at radius 2 is 2.00 bits per heavy atom. The summed E-state index contributed by atoms with van der Waals surface area (Å²) in [6.45, 7) is 7.27. The van der Waals surface area contributed by atoms with Crippen LogP contribution in [0.25, 0.3) is 0 Å². The lowest BCUT2D eigenvalue weighted by molar-refractivity contribution is -0.147. The van der Waals surface area contributed by atoms with E-state index in [0.717, 1.165) is 19.4 Å². The molecule has 3 heteroatoms. The third kappa shape index (κ3) is 9.73. The van der Waals surface area contributed by atoms with Crippen LogP contribution in [-0.4, -0.2) is 25.2 Å². The molecule has 0 fully saturated rings. The van der Waals surface area contributed by atoms with E-state index in [1.807, 2.05) is 13.8 Å². The molecule has 0 aliphatic carbocycles. The number of hydrogen-bond donors (Lipinski definition) is 1. The topological polar surface area (TPSA) is 38.3 Å². The van der Waals surface area contributed by atoms with Gasteiger partial charge in [0.05, 0.1) is 12.6 Å². The Morgan fingerprint density at radius 3 is 2.60 bits per heavy atom. The third-order valence-corrected chi connectivity index (χ3v) is 2.32. The summed E-state index contributed by atoms with van der Waals surface area (Å²) in [6, 6.07) is 0. The minimum absolute atomic E-state index is 0.0630. The van der Waals surface area contributed by atoms with Gasteiger partial charge in [0.1, 0.15) is 0 Å². The molecule has 0 bridgehead atoms. The predicted molar refractivity (Wildman–Crippen MR) is 62.9 cm³/mol. The smallest absolute Gasteiger partial charge is 0.320 e. The fourth-order valence-corrected chi connectivity index (χ4v) is 1.41. The van der Waals surface area contributed by atoms with E-state index in [1.54, 1.807) is 0 Å². The van der Waals surface area contributed by atoms with Crippen molar-refractivity contribution in [3.8, 4) is 0 Å². The molecular weight excluding hydrogens is 190 g/mol. The van der Waals surface area contributed by atoms with Crippen molar-refractivity contribution >= 4 is 5.97 Å². The predicted octanol–water partition coefficient (Wildman–Crippen LogP) is 2.50. The zero-order valence-corrected chi connectivity index (χ0v) is 10.3. The number of esters is 1. The highest BCUT2D eigenvalue weighted by molar-refractivity contribution is 5.71. The molecule has 15 heavy (non-hydrogen) atoms. The van der Waals surface area contributed by atoms with E-state index in [1.165, 1.54) is 19.3 Å². The SMILES string of the molecule is CCCCCCC(C)OC(=O)CNCC. The largest absolute Gasteiger partial charge is 0.462 e. The summed E-state index contributed by atoms with van der Waals surface area (Å²) in [7, 11) is 0. The van der Waals surface area contributed by atoms with Crippen molar-refractivity contribution in [2.24, 2.45) is 0 Å². The van der Waals surface area contributed by atoms with Crippen molar-refractivity contribution in [2.45, 2.75) is 59.0 Å². The maximum absolute atomic E-state index is 11.2. The van der Waals surface area contributed by atoms with E-state index < -0.39 is 0 Å². The van der Waals surface area contributed by atoms with Gasteiger partial charge >= 0.3 is 5.97 Å². The molecular formula is C12H25NO2. The quantitative estimate of drug-likeness (QED) is 0.474. The first-order chi connectivity index (χ1) is 7.20. The number of unbranched alkanes of at least 4 members (excludes halogenated alkanes) is 3. The first-order valence-corrected chi connectivity index (χ1v) is 6.10. The van der Waals surface area contributed by atoms with Crippen molar-refractivity contribution in [1.82, 2.24) is 5.32 Å². The van der Waals surface area contributed by atoms with Crippen molar-refractivity contribution in [2.75, 3.05) is 13.1 Å². The first-order valence-electron chi connectivity index (χ1n) is 6.10. The zero-order chi connectivity index (χ0) is 11.5. The van der Waals surface area contributed by atoms with Crippen LogP contribution in [0.5, 0.6) is 0 Å². The maximum atomic E-state index is 11.2. The summed E-state index contributed by atoms with van der Waals surface area (Å²) >= 11 is 0. The molecule has 0 aliphatic heterocycles. The number of nitrogens with one attached hydrogen (secondary N) is 1. The Morgan fingerprint density at radius 1 is 1.27 bits per heavy atom. The zero-order valence-electron chi connectivity index (χ0n) is 10.3. The number of hydrogen-bond acceptors (Lipinski definition) is 3. The van der Waals surface area contributed by atoms with Crippen LogP contribution in [0.1, 0.15) is 52.9 Å². The lowest BCUT2D eigenvalue weighted by Gasteiger charge is -2.13. The van der Waals surface area contributed by atoms with E-state index in [9.17, 15) is 4.79 Å². The molecule has 0 spiro atoms. The Kier molecular flexibility index (Phi) is 9.59. The molecule has 0 radical (unpaired) electrons. The average molecular weight is 215 g/mol. The first kappa shape index (κ1) is 14.4. The molecule has 0 heterocycles. The second-order valence-electron chi connectivity index (χ2n) is 3.93. The summed E-state index contributed by atoms with van der Waals surface area (Å²) < 4.78 is 5.23. The number of carbonyl (C=O) groups excluding carboxylic acids is 1. The van der Waals surface area contributed by atoms with E-state index in [0.29, 0.717) is 6.54 Å². The number of carbonyl (C=O) groups is 1. The van der Waals surface area contributed by atoms with Crippen LogP contribution in [0.4, 0.5) is 0 Å². The minimum Gasteiger partial charge on any atom is -0.462 e. The van der Waals surface area contributed by atoms with Crippen LogP contribution in [0.3, 0.4) is 0 Å². The van der Waals surface area contributed by atoms with Gasteiger partial charge in [-0.3, -0.25) is 4.79 Å². The molecule has 0 aromatic heterocycles.